The van der Waals surface area contributed by atoms with Gasteiger partial charge in [-0.1, -0.05) is 64.1 Å². The molecular weight excluding hydrogens is 526 g/mol. The van der Waals surface area contributed by atoms with Crippen molar-refractivity contribution in [1.29, 1.82) is 0 Å². The molecule has 0 heterocycles. The van der Waals surface area contributed by atoms with E-state index < -0.39 is 23.8 Å². The van der Waals surface area contributed by atoms with E-state index in [4.69, 9.17) is 4.74 Å². The van der Waals surface area contributed by atoms with Crippen molar-refractivity contribution in [3.8, 4) is 0 Å². The SMILES string of the molecule is Cc1ccccc1NC(=O)C(c1cccc(C)c1C)N(C(=O)C(CC(C)C)NC(=O)OC(C)(C)C)C(C)CCC(C)C. The molecule has 0 bridgehead atoms. The topological polar surface area (TPSA) is 87.7 Å². The van der Waals surface area contributed by atoms with Gasteiger partial charge in [0, 0.05) is 11.7 Å². The molecule has 2 aromatic rings. The summed E-state index contributed by atoms with van der Waals surface area (Å²) in [7, 11) is 0. The molecular formula is C35H53N3O4. The first-order chi connectivity index (χ1) is 19.5. The van der Waals surface area contributed by atoms with E-state index in [9.17, 15) is 14.4 Å². The number of hydrogen-bond donors (Lipinski definition) is 2. The molecule has 42 heavy (non-hydrogen) atoms. The fourth-order valence-corrected chi connectivity index (χ4v) is 5.04. The molecule has 7 heteroatoms. The van der Waals surface area contributed by atoms with Gasteiger partial charge in [0.05, 0.1) is 0 Å². The number of ether oxygens (including phenoxy) is 1. The third kappa shape index (κ3) is 10.2. The summed E-state index contributed by atoms with van der Waals surface area (Å²) in [4.78, 5) is 43.7. The Bertz CT molecular complexity index is 1210. The first kappa shape index (κ1) is 34.8. The van der Waals surface area contributed by atoms with Gasteiger partial charge in [0.25, 0.3) is 5.91 Å². The van der Waals surface area contributed by atoms with Gasteiger partial charge < -0.3 is 20.3 Å². The smallest absolute Gasteiger partial charge is 0.408 e. The zero-order valence-electron chi connectivity index (χ0n) is 27.6. The number of hydrogen-bond acceptors (Lipinski definition) is 4. The highest BCUT2D eigenvalue weighted by Gasteiger charge is 2.40. The van der Waals surface area contributed by atoms with Gasteiger partial charge in [-0.25, -0.2) is 4.79 Å². The van der Waals surface area contributed by atoms with Gasteiger partial charge in [-0.2, -0.15) is 0 Å². The van der Waals surface area contributed by atoms with Crippen molar-refractivity contribution >= 4 is 23.6 Å². The van der Waals surface area contributed by atoms with Gasteiger partial charge in [-0.3, -0.25) is 9.59 Å². The first-order valence-electron chi connectivity index (χ1n) is 15.3. The highest BCUT2D eigenvalue weighted by Crippen LogP contribution is 2.32. The number of alkyl carbamates (subject to hydrolysis) is 1. The van der Waals surface area contributed by atoms with Crippen LogP contribution in [0.25, 0.3) is 0 Å². The van der Waals surface area contributed by atoms with Crippen LogP contribution in [-0.2, 0) is 14.3 Å². The summed E-state index contributed by atoms with van der Waals surface area (Å²) in [6.07, 6.45) is 1.36. The van der Waals surface area contributed by atoms with E-state index in [1.54, 1.807) is 25.7 Å². The number of carbonyl (C=O) groups excluding carboxylic acids is 3. The van der Waals surface area contributed by atoms with Crippen LogP contribution in [-0.4, -0.2) is 40.5 Å². The van der Waals surface area contributed by atoms with Crippen molar-refractivity contribution in [3.63, 3.8) is 0 Å². The molecule has 2 aromatic carbocycles. The minimum Gasteiger partial charge on any atom is -0.444 e. The van der Waals surface area contributed by atoms with Gasteiger partial charge in [-0.15, -0.1) is 0 Å². The lowest BCUT2D eigenvalue weighted by molar-refractivity contribution is -0.144. The van der Waals surface area contributed by atoms with E-state index in [2.05, 4.69) is 24.5 Å². The Kier molecular flexibility index (Phi) is 12.6. The van der Waals surface area contributed by atoms with Crippen LogP contribution in [0, 0.1) is 32.6 Å². The van der Waals surface area contributed by atoms with Crippen LogP contribution < -0.4 is 10.6 Å². The third-order valence-corrected chi connectivity index (χ3v) is 7.46. The zero-order valence-corrected chi connectivity index (χ0v) is 27.6. The standard InChI is InChI=1S/C35H53N3O4/c1-22(2)19-20-26(7)38(33(40)30(21-23(3)4)37-34(41)42-35(9,10)11)31(28-17-14-16-24(5)27(28)8)32(39)36-29-18-13-12-15-25(29)6/h12-18,22-23,26,30-31H,19-21H2,1-11H3,(H,36,39)(H,37,41). The minimum absolute atomic E-state index is 0.113. The Hall–Kier alpha value is -3.35. The van der Waals surface area contributed by atoms with Gasteiger partial charge in [0.1, 0.15) is 17.7 Å². The molecule has 3 amide bonds. The Morgan fingerprint density at radius 3 is 2.02 bits per heavy atom. The van der Waals surface area contributed by atoms with Gasteiger partial charge in [0.15, 0.2) is 0 Å². The molecule has 2 N–H and O–H groups in total. The summed E-state index contributed by atoms with van der Waals surface area (Å²) >= 11 is 0. The fraction of sp³-hybridized carbons (Fsp3) is 0.571. The molecule has 2 rings (SSSR count). The quantitative estimate of drug-likeness (QED) is 0.268. The molecule has 0 fully saturated rings. The van der Waals surface area contributed by atoms with E-state index in [1.165, 1.54) is 0 Å². The highest BCUT2D eigenvalue weighted by atomic mass is 16.6. The predicted octanol–water partition coefficient (Wildman–Crippen LogP) is 7.88. The van der Waals surface area contributed by atoms with Crippen LogP contribution in [0.4, 0.5) is 10.5 Å². The molecule has 3 atom stereocenters. The van der Waals surface area contributed by atoms with Crippen LogP contribution in [0.15, 0.2) is 42.5 Å². The summed E-state index contributed by atoms with van der Waals surface area (Å²) in [5, 5.41) is 5.97. The number of amides is 3. The summed E-state index contributed by atoms with van der Waals surface area (Å²) in [6.45, 7) is 21.6. The second-order valence-corrected chi connectivity index (χ2v) is 13.4. The normalized spacial score (nSPS) is 13.8. The zero-order chi connectivity index (χ0) is 31.8. The van der Waals surface area contributed by atoms with Crippen molar-refractivity contribution in [2.24, 2.45) is 11.8 Å². The van der Waals surface area contributed by atoms with Crippen LogP contribution in [0.5, 0.6) is 0 Å². The van der Waals surface area contributed by atoms with Crippen LogP contribution in [0.2, 0.25) is 0 Å². The number of benzene rings is 2. The third-order valence-electron chi connectivity index (χ3n) is 7.46. The molecule has 0 spiro atoms. The Balaban J connectivity index is 2.70. The number of para-hydroxylation sites is 1. The number of rotatable bonds is 12. The fourth-order valence-electron chi connectivity index (χ4n) is 5.04. The van der Waals surface area contributed by atoms with E-state index in [1.807, 2.05) is 84.0 Å². The Morgan fingerprint density at radius 1 is 0.833 bits per heavy atom. The summed E-state index contributed by atoms with van der Waals surface area (Å²) < 4.78 is 5.54. The molecule has 7 nitrogen and oxygen atoms in total. The van der Waals surface area contributed by atoms with Crippen molar-refractivity contribution in [2.45, 2.75) is 119 Å². The maximum absolute atomic E-state index is 14.7. The molecule has 0 aliphatic heterocycles. The Labute approximate surface area is 253 Å². The average Bonchev–Trinajstić information content (AvgIpc) is 2.87. The molecule has 3 unspecified atom stereocenters. The largest absolute Gasteiger partial charge is 0.444 e. The number of nitrogens with zero attached hydrogens (tertiary/aromatic N) is 1. The molecule has 0 aliphatic rings. The second-order valence-electron chi connectivity index (χ2n) is 13.4. The Morgan fingerprint density at radius 2 is 1.45 bits per heavy atom. The van der Waals surface area contributed by atoms with Crippen LogP contribution in [0.1, 0.15) is 103 Å². The second kappa shape index (κ2) is 15.2. The average molecular weight is 580 g/mol. The van der Waals surface area contributed by atoms with E-state index in [-0.39, 0.29) is 23.8 Å². The number of aryl methyl sites for hydroxylation is 2. The van der Waals surface area contributed by atoms with Crippen LogP contribution in [0.3, 0.4) is 0 Å². The molecule has 0 aliphatic carbocycles. The molecule has 232 valence electrons. The van der Waals surface area contributed by atoms with Gasteiger partial charge in [0.2, 0.25) is 5.91 Å². The minimum atomic E-state index is -0.908. The van der Waals surface area contributed by atoms with Crippen LogP contribution >= 0.6 is 0 Å². The van der Waals surface area contributed by atoms with E-state index >= 15 is 0 Å². The first-order valence-corrected chi connectivity index (χ1v) is 15.3. The predicted molar refractivity (Wildman–Crippen MR) is 171 cm³/mol. The van der Waals surface area contributed by atoms with Gasteiger partial charge in [-0.05, 0) is 108 Å². The summed E-state index contributed by atoms with van der Waals surface area (Å²) in [5.41, 5.74) is 3.68. The van der Waals surface area contributed by atoms with Crippen molar-refractivity contribution in [2.75, 3.05) is 5.32 Å². The van der Waals surface area contributed by atoms with Crippen molar-refractivity contribution in [3.05, 3.63) is 64.7 Å². The molecule has 0 radical (unpaired) electrons. The van der Waals surface area contributed by atoms with E-state index in [0.717, 1.165) is 28.7 Å². The maximum atomic E-state index is 14.7. The van der Waals surface area contributed by atoms with Gasteiger partial charge >= 0.3 is 6.09 Å². The molecule has 0 saturated heterocycles. The number of carbonyl (C=O) groups is 3. The molecule has 0 aromatic heterocycles. The lowest BCUT2D eigenvalue weighted by Crippen LogP contribution is -2.55. The summed E-state index contributed by atoms with van der Waals surface area (Å²) in [6, 6.07) is 11.4. The lowest BCUT2D eigenvalue weighted by atomic mass is 9.92. The number of nitrogens with one attached hydrogen (secondary N) is 2. The highest BCUT2D eigenvalue weighted by molar-refractivity contribution is 5.99. The molecule has 0 saturated carbocycles. The van der Waals surface area contributed by atoms with Crippen molar-refractivity contribution < 1.29 is 19.1 Å². The van der Waals surface area contributed by atoms with Crippen molar-refractivity contribution in [1.82, 2.24) is 10.2 Å². The summed E-state index contributed by atoms with van der Waals surface area (Å²) in [5.74, 6) is -0.0441. The number of anilines is 1. The van der Waals surface area contributed by atoms with E-state index in [0.29, 0.717) is 24.4 Å². The maximum Gasteiger partial charge on any atom is 0.408 e. The monoisotopic (exact) mass is 579 g/mol. The lowest BCUT2D eigenvalue weighted by Gasteiger charge is -2.39.